The molecular formula is C15H19N3O4S. The van der Waals surface area contributed by atoms with Crippen molar-refractivity contribution in [1.29, 1.82) is 0 Å². The molecule has 3 rings (SSSR count). The van der Waals surface area contributed by atoms with Gasteiger partial charge in [0.1, 0.15) is 0 Å². The third-order valence-electron chi connectivity index (χ3n) is 4.46. The molecule has 0 saturated heterocycles. The smallest absolute Gasteiger partial charge is 0.314 e. The van der Waals surface area contributed by atoms with Gasteiger partial charge in [0, 0.05) is 13.1 Å². The Morgan fingerprint density at radius 1 is 1.00 bits per heavy atom. The number of aromatic nitrogens is 2. The van der Waals surface area contributed by atoms with E-state index in [9.17, 15) is 18.0 Å². The molecule has 0 aliphatic heterocycles. The summed E-state index contributed by atoms with van der Waals surface area (Å²) >= 11 is 0. The van der Waals surface area contributed by atoms with Crippen LogP contribution in [0.3, 0.4) is 0 Å². The molecule has 1 aromatic heterocycles. The lowest BCUT2D eigenvalue weighted by Crippen LogP contribution is -2.38. The summed E-state index contributed by atoms with van der Waals surface area (Å²) in [7, 11) is -2.03. The highest BCUT2D eigenvalue weighted by Crippen LogP contribution is 2.27. The van der Waals surface area contributed by atoms with Crippen molar-refractivity contribution in [3.8, 4) is 0 Å². The summed E-state index contributed by atoms with van der Waals surface area (Å²) in [5.41, 5.74) is -0.860. The minimum atomic E-state index is -3.63. The van der Waals surface area contributed by atoms with Gasteiger partial charge in [-0.2, -0.15) is 4.31 Å². The first-order valence-electron chi connectivity index (χ1n) is 7.64. The second-order valence-electron chi connectivity index (χ2n) is 5.93. The molecule has 1 aliphatic carbocycles. The molecule has 0 atom stereocenters. The van der Waals surface area contributed by atoms with Crippen molar-refractivity contribution in [2.45, 2.75) is 43.0 Å². The van der Waals surface area contributed by atoms with Gasteiger partial charge in [0.25, 0.3) is 0 Å². The molecule has 0 amide bonds. The summed E-state index contributed by atoms with van der Waals surface area (Å²) in [6, 6.07) is 4.35. The molecule has 1 aliphatic rings. The van der Waals surface area contributed by atoms with E-state index in [4.69, 9.17) is 0 Å². The number of nitrogens with zero attached hydrogens (tertiary/aromatic N) is 1. The lowest BCUT2D eigenvalue weighted by molar-refractivity contribution is 0.286. The van der Waals surface area contributed by atoms with Crippen LogP contribution < -0.4 is 11.1 Å². The predicted molar refractivity (Wildman–Crippen MR) is 87.0 cm³/mol. The molecule has 1 aromatic carbocycles. The van der Waals surface area contributed by atoms with Crippen molar-refractivity contribution < 1.29 is 8.42 Å². The zero-order chi connectivity index (χ0) is 16.6. The van der Waals surface area contributed by atoms with Crippen LogP contribution in [0.2, 0.25) is 0 Å². The molecule has 0 spiro atoms. The summed E-state index contributed by atoms with van der Waals surface area (Å²) < 4.78 is 27.0. The maximum absolute atomic E-state index is 12.8. The lowest BCUT2D eigenvalue weighted by atomic mass is 9.96. The molecule has 2 aromatic rings. The van der Waals surface area contributed by atoms with Crippen LogP contribution in [0.5, 0.6) is 0 Å². The van der Waals surface area contributed by atoms with E-state index < -0.39 is 21.1 Å². The number of fused-ring (bicyclic) bond motifs is 1. The van der Waals surface area contributed by atoms with Crippen LogP contribution >= 0.6 is 0 Å². The molecule has 7 nitrogen and oxygen atoms in total. The maximum Gasteiger partial charge on any atom is 0.314 e. The molecule has 0 unspecified atom stereocenters. The standard InChI is InChI=1S/C15H19N3O4S/c1-18(10-5-3-2-4-6-10)23(21,22)11-7-8-12-13(9-11)17-15(20)14(19)16-12/h7-10H,2-6H2,1H3,(H,16,19)(H,17,20). The van der Waals surface area contributed by atoms with Crippen molar-refractivity contribution >= 4 is 21.1 Å². The minimum absolute atomic E-state index is 0.0130. The highest BCUT2D eigenvalue weighted by atomic mass is 32.2. The largest absolute Gasteiger partial charge is 0.316 e. The quantitative estimate of drug-likeness (QED) is 0.821. The van der Waals surface area contributed by atoms with Crippen LogP contribution in [0.25, 0.3) is 11.0 Å². The Balaban J connectivity index is 2.02. The van der Waals surface area contributed by atoms with Gasteiger partial charge in [-0.1, -0.05) is 19.3 Å². The third kappa shape index (κ3) is 2.96. The first-order chi connectivity index (χ1) is 10.9. The van der Waals surface area contributed by atoms with Crippen molar-refractivity contribution in [2.75, 3.05) is 7.05 Å². The van der Waals surface area contributed by atoms with Gasteiger partial charge in [0.05, 0.1) is 15.9 Å². The van der Waals surface area contributed by atoms with Crippen molar-refractivity contribution in [1.82, 2.24) is 14.3 Å². The summed E-state index contributed by atoms with van der Waals surface area (Å²) in [6.45, 7) is 0. The number of hydrogen-bond donors (Lipinski definition) is 2. The predicted octanol–water partition coefficient (Wildman–Crippen LogP) is 1.17. The van der Waals surface area contributed by atoms with E-state index in [1.165, 1.54) is 22.5 Å². The number of benzene rings is 1. The van der Waals surface area contributed by atoms with E-state index in [2.05, 4.69) is 9.97 Å². The number of nitrogens with one attached hydrogen (secondary N) is 2. The average Bonchev–Trinajstić information content (AvgIpc) is 2.55. The fourth-order valence-electron chi connectivity index (χ4n) is 3.06. The van der Waals surface area contributed by atoms with Crippen LogP contribution in [0, 0.1) is 0 Å². The van der Waals surface area contributed by atoms with Crippen molar-refractivity contribution in [3.05, 3.63) is 38.9 Å². The second kappa shape index (κ2) is 5.93. The van der Waals surface area contributed by atoms with Gasteiger partial charge in [0.15, 0.2) is 0 Å². The van der Waals surface area contributed by atoms with E-state index >= 15 is 0 Å². The van der Waals surface area contributed by atoms with Gasteiger partial charge in [-0.15, -0.1) is 0 Å². The summed E-state index contributed by atoms with van der Waals surface area (Å²) in [5.74, 6) is 0. The van der Waals surface area contributed by atoms with Crippen LogP contribution in [-0.2, 0) is 10.0 Å². The lowest BCUT2D eigenvalue weighted by Gasteiger charge is -2.30. The molecule has 0 radical (unpaired) electrons. The maximum atomic E-state index is 12.8. The van der Waals surface area contributed by atoms with E-state index in [0.29, 0.717) is 11.0 Å². The molecule has 23 heavy (non-hydrogen) atoms. The SMILES string of the molecule is CN(C1CCCCC1)S(=O)(=O)c1ccc2[nH]c(=O)c(=O)[nH]c2c1. The highest BCUT2D eigenvalue weighted by Gasteiger charge is 2.29. The summed E-state index contributed by atoms with van der Waals surface area (Å²) in [6.07, 6.45) is 4.96. The van der Waals surface area contributed by atoms with Gasteiger partial charge in [0.2, 0.25) is 10.0 Å². The van der Waals surface area contributed by atoms with E-state index in [1.54, 1.807) is 7.05 Å². The monoisotopic (exact) mass is 337 g/mol. The van der Waals surface area contributed by atoms with Gasteiger partial charge < -0.3 is 9.97 Å². The number of rotatable bonds is 3. The minimum Gasteiger partial charge on any atom is -0.316 e. The zero-order valence-electron chi connectivity index (χ0n) is 12.8. The zero-order valence-corrected chi connectivity index (χ0v) is 13.6. The normalized spacial score (nSPS) is 17.0. The number of H-pyrrole nitrogens is 2. The second-order valence-corrected chi connectivity index (χ2v) is 7.93. The molecule has 124 valence electrons. The molecule has 1 saturated carbocycles. The summed E-state index contributed by atoms with van der Waals surface area (Å²) in [5, 5.41) is 0. The first kappa shape index (κ1) is 15.9. The Hall–Kier alpha value is -1.93. The molecule has 0 bridgehead atoms. The molecule has 1 heterocycles. The van der Waals surface area contributed by atoms with Gasteiger partial charge in [-0.3, -0.25) is 9.59 Å². The number of sulfonamides is 1. The van der Waals surface area contributed by atoms with Gasteiger partial charge >= 0.3 is 11.1 Å². The number of aromatic amines is 2. The Kier molecular flexibility index (Phi) is 4.11. The topological polar surface area (TPSA) is 103 Å². The number of hydrogen-bond acceptors (Lipinski definition) is 4. The summed E-state index contributed by atoms with van der Waals surface area (Å²) in [4.78, 5) is 27.7. The van der Waals surface area contributed by atoms with E-state index in [1.807, 2.05) is 0 Å². The van der Waals surface area contributed by atoms with Crippen molar-refractivity contribution in [2.24, 2.45) is 0 Å². The van der Waals surface area contributed by atoms with E-state index in [0.717, 1.165) is 32.1 Å². The molecule has 1 fully saturated rings. The Morgan fingerprint density at radius 3 is 2.26 bits per heavy atom. The van der Waals surface area contributed by atoms with Crippen molar-refractivity contribution in [3.63, 3.8) is 0 Å². The van der Waals surface area contributed by atoms with Crippen LogP contribution in [0.1, 0.15) is 32.1 Å². The van der Waals surface area contributed by atoms with Gasteiger partial charge in [-0.25, -0.2) is 8.42 Å². The Morgan fingerprint density at radius 2 is 1.61 bits per heavy atom. The van der Waals surface area contributed by atoms with E-state index in [-0.39, 0.29) is 10.9 Å². The highest BCUT2D eigenvalue weighted by molar-refractivity contribution is 7.89. The molecular weight excluding hydrogens is 318 g/mol. The molecule has 2 N–H and O–H groups in total. The fourth-order valence-corrected chi connectivity index (χ4v) is 4.50. The van der Waals surface area contributed by atoms with Crippen LogP contribution in [0.4, 0.5) is 0 Å². The average molecular weight is 337 g/mol. The first-order valence-corrected chi connectivity index (χ1v) is 9.08. The van der Waals surface area contributed by atoms with Gasteiger partial charge in [-0.05, 0) is 31.0 Å². The Bertz CT molecular complexity index is 939. The van der Waals surface area contributed by atoms with Crippen LogP contribution in [0.15, 0.2) is 32.7 Å². The Labute approximate surface area is 133 Å². The van der Waals surface area contributed by atoms with Crippen LogP contribution in [-0.4, -0.2) is 35.8 Å². The third-order valence-corrected chi connectivity index (χ3v) is 6.37. The fraction of sp³-hybridized carbons (Fsp3) is 0.467. The molecule has 8 heteroatoms.